The highest BCUT2D eigenvalue weighted by Gasteiger charge is 2.29. The molecule has 88 valence electrons. The van der Waals surface area contributed by atoms with Crippen LogP contribution in [-0.4, -0.2) is 39.9 Å². The van der Waals surface area contributed by atoms with E-state index in [1.54, 1.807) is 20.8 Å². The molecule has 0 saturated heterocycles. The Kier molecular flexibility index (Phi) is 4.70. The van der Waals surface area contributed by atoms with Gasteiger partial charge in [0.15, 0.2) is 0 Å². The molecule has 0 aromatic rings. The van der Waals surface area contributed by atoms with Gasteiger partial charge in [0.05, 0.1) is 12.5 Å². The zero-order valence-corrected chi connectivity index (χ0v) is 9.06. The van der Waals surface area contributed by atoms with Crippen LogP contribution in [0.1, 0.15) is 27.2 Å². The van der Waals surface area contributed by atoms with Crippen LogP contribution in [0.4, 0.5) is 0 Å². The standard InChI is InChI=1S/C9H17NO5/c1-9(2,3)15-8(14)7(10)5(11)4-6(12)13/h5,7,11H,4,10H2,1-3H3,(H,12,13). The molecule has 0 bridgehead atoms. The van der Waals surface area contributed by atoms with Crippen molar-refractivity contribution in [3.05, 3.63) is 0 Å². The molecule has 2 atom stereocenters. The van der Waals surface area contributed by atoms with E-state index in [0.717, 1.165) is 0 Å². The Labute approximate surface area is 88.0 Å². The number of aliphatic carboxylic acids is 1. The highest BCUT2D eigenvalue weighted by Crippen LogP contribution is 2.09. The number of carbonyl (C=O) groups is 2. The van der Waals surface area contributed by atoms with Crippen LogP contribution in [0.3, 0.4) is 0 Å². The summed E-state index contributed by atoms with van der Waals surface area (Å²) in [4.78, 5) is 21.5. The first kappa shape index (κ1) is 13.9. The topological polar surface area (TPSA) is 110 Å². The van der Waals surface area contributed by atoms with Gasteiger partial charge in [0.1, 0.15) is 11.6 Å². The number of rotatable bonds is 4. The van der Waals surface area contributed by atoms with Crippen molar-refractivity contribution in [2.75, 3.05) is 0 Å². The molecule has 0 fully saturated rings. The number of hydrogen-bond acceptors (Lipinski definition) is 5. The molecule has 0 aromatic heterocycles. The summed E-state index contributed by atoms with van der Waals surface area (Å²) in [7, 11) is 0. The highest BCUT2D eigenvalue weighted by atomic mass is 16.6. The van der Waals surface area contributed by atoms with Crippen LogP contribution in [-0.2, 0) is 14.3 Å². The smallest absolute Gasteiger partial charge is 0.326 e. The first-order valence-corrected chi connectivity index (χ1v) is 4.52. The largest absolute Gasteiger partial charge is 0.481 e. The zero-order valence-electron chi connectivity index (χ0n) is 9.06. The second-order valence-electron chi connectivity index (χ2n) is 4.22. The molecule has 4 N–H and O–H groups in total. The quantitative estimate of drug-likeness (QED) is 0.549. The maximum Gasteiger partial charge on any atom is 0.326 e. The zero-order chi connectivity index (χ0) is 12.2. The summed E-state index contributed by atoms with van der Waals surface area (Å²) >= 11 is 0. The number of carboxylic acids is 1. The number of aliphatic hydroxyl groups excluding tert-OH is 1. The van der Waals surface area contributed by atoms with Crippen LogP contribution in [0, 0.1) is 0 Å². The molecule has 0 radical (unpaired) electrons. The molecule has 0 saturated carbocycles. The lowest BCUT2D eigenvalue weighted by Crippen LogP contribution is -2.46. The lowest BCUT2D eigenvalue weighted by molar-refractivity contribution is -0.159. The van der Waals surface area contributed by atoms with E-state index in [0.29, 0.717) is 0 Å². The second kappa shape index (κ2) is 5.09. The molecular weight excluding hydrogens is 202 g/mol. The summed E-state index contributed by atoms with van der Waals surface area (Å²) in [5.74, 6) is -2.03. The van der Waals surface area contributed by atoms with E-state index < -0.39 is 36.1 Å². The van der Waals surface area contributed by atoms with Crippen molar-refractivity contribution in [2.24, 2.45) is 5.73 Å². The second-order valence-corrected chi connectivity index (χ2v) is 4.22. The van der Waals surface area contributed by atoms with Gasteiger partial charge in [-0.1, -0.05) is 0 Å². The van der Waals surface area contributed by atoms with E-state index in [-0.39, 0.29) is 0 Å². The van der Waals surface area contributed by atoms with Gasteiger partial charge in [-0.05, 0) is 20.8 Å². The molecule has 2 unspecified atom stereocenters. The fourth-order valence-electron chi connectivity index (χ4n) is 0.833. The van der Waals surface area contributed by atoms with Crippen molar-refractivity contribution in [1.29, 1.82) is 0 Å². The molecule has 0 aliphatic rings. The van der Waals surface area contributed by atoms with E-state index in [2.05, 4.69) is 0 Å². The van der Waals surface area contributed by atoms with Crippen molar-refractivity contribution in [2.45, 2.75) is 44.9 Å². The molecule has 0 aliphatic carbocycles. The number of aliphatic hydroxyl groups is 1. The van der Waals surface area contributed by atoms with Crippen molar-refractivity contribution in [3.8, 4) is 0 Å². The minimum absolute atomic E-state index is 0.583. The summed E-state index contributed by atoms with van der Waals surface area (Å²) < 4.78 is 4.89. The van der Waals surface area contributed by atoms with Crippen LogP contribution in [0.5, 0.6) is 0 Å². The van der Waals surface area contributed by atoms with E-state index in [1.165, 1.54) is 0 Å². The number of carbonyl (C=O) groups excluding carboxylic acids is 1. The Morgan fingerprint density at radius 1 is 1.40 bits per heavy atom. The van der Waals surface area contributed by atoms with Crippen molar-refractivity contribution in [3.63, 3.8) is 0 Å². The van der Waals surface area contributed by atoms with E-state index in [1.807, 2.05) is 0 Å². The third-order valence-corrected chi connectivity index (χ3v) is 1.48. The SMILES string of the molecule is CC(C)(C)OC(=O)C(N)C(O)CC(=O)O. The average Bonchev–Trinajstić information content (AvgIpc) is 1.98. The Balaban J connectivity index is 4.25. The Morgan fingerprint density at radius 2 is 1.87 bits per heavy atom. The van der Waals surface area contributed by atoms with Crippen LogP contribution in [0.15, 0.2) is 0 Å². The Bertz CT molecular complexity index is 245. The first-order chi connectivity index (χ1) is 6.63. The fourth-order valence-corrected chi connectivity index (χ4v) is 0.833. The number of ether oxygens (including phenoxy) is 1. The lowest BCUT2D eigenvalue weighted by Gasteiger charge is -2.23. The normalized spacial score (nSPS) is 15.5. The third kappa shape index (κ3) is 6.03. The van der Waals surface area contributed by atoms with Gasteiger partial charge in [0, 0.05) is 0 Å². The molecule has 6 nitrogen and oxygen atoms in total. The van der Waals surface area contributed by atoms with Gasteiger partial charge in [-0.2, -0.15) is 0 Å². The van der Waals surface area contributed by atoms with Gasteiger partial charge in [0.25, 0.3) is 0 Å². The summed E-state index contributed by atoms with van der Waals surface area (Å²) in [6.45, 7) is 4.96. The van der Waals surface area contributed by atoms with Gasteiger partial charge >= 0.3 is 11.9 Å². The number of nitrogens with two attached hydrogens (primary N) is 1. The minimum atomic E-state index is -1.43. The maximum atomic E-state index is 11.3. The third-order valence-electron chi connectivity index (χ3n) is 1.48. The molecule has 0 amide bonds. The molecule has 0 spiro atoms. The number of carboxylic acid groups (broad SMARTS) is 1. The number of esters is 1. The Morgan fingerprint density at radius 3 is 2.20 bits per heavy atom. The maximum absolute atomic E-state index is 11.3. The number of hydrogen-bond donors (Lipinski definition) is 3. The van der Waals surface area contributed by atoms with Gasteiger partial charge in [0.2, 0.25) is 0 Å². The highest BCUT2D eigenvalue weighted by molar-refractivity contribution is 5.78. The summed E-state index contributed by atoms with van der Waals surface area (Å²) in [5.41, 5.74) is 4.62. The van der Waals surface area contributed by atoms with Crippen molar-refractivity contribution < 1.29 is 24.5 Å². The summed E-state index contributed by atoms with van der Waals surface area (Å²) in [5, 5.41) is 17.6. The van der Waals surface area contributed by atoms with E-state index in [9.17, 15) is 14.7 Å². The van der Waals surface area contributed by atoms with E-state index in [4.69, 9.17) is 15.6 Å². The first-order valence-electron chi connectivity index (χ1n) is 4.52. The van der Waals surface area contributed by atoms with Crippen molar-refractivity contribution >= 4 is 11.9 Å². The van der Waals surface area contributed by atoms with Gasteiger partial charge in [-0.25, -0.2) is 0 Å². The molecule has 0 aliphatic heterocycles. The van der Waals surface area contributed by atoms with Gasteiger partial charge < -0.3 is 20.7 Å². The molecule has 0 aromatic carbocycles. The lowest BCUT2D eigenvalue weighted by atomic mass is 10.1. The van der Waals surface area contributed by atoms with Gasteiger partial charge in [-0.15, -0.1) is 0 Å². The van der Waals surface area contributed by atoms with Gasteiger partial charge in [-0.3, -0.25) is 9.59 Å². The molecular formula is C9H17NO5. The minimum Gasteiger partial charge on any atom is -0.481 e. The monoisotopic (exact) mass is 219 g/mol. The predicted molar refractivity (Wildman–Crippen MR) is 52.1 cm³/mol. The fraction of sp³-hybridized carbons (Fsp3) is 0.778. The molecule has 15 heavy (non-hydrogen) atoms. The Hall–Kier alpha value is -1.14. The molecule has 0 heterocycles. The van der Waals surface area contributed by atoms with Crippen LogP contribution in [0.2, 0.25) is 0 Å². The molecule has 0 rings (SSSR count). The molecule has 6 heteroatoms. The van der Waals surface area contributed by atoms with E-state index >= 15 is 0 Å². The van der Waals surface area contributed by atoms with Crippen LogP contribution >= 0.6 is 0 Å². The summed E-state index contributed by atoms with van der Waals surface area (Å²) in [6, 6.07) is -1.33. The average molecular weight is 219 g/mol. The van der Waals surface area contributed by atoms with Crippen molar-refractivity contribution in [1.82, 2.24) is 0 Å². The summed E-state index contributed by atoms with van der Waals surface area (Å²) in [6.07, 6.45) is -2.02. The van der Waals surface area contributed by atoms with Crippen LogP contribution < -0.4 is 5.73 Å². The predicted octanol–water partition coefficient (Wildman–Crippen LogP) is -0.509. The van der Waals surface area contributed by atoms with Crippen LogP contribution in [0.25, 0.3) is 0 Å².